The monoisotopic (exact) mass is 372 g/mol. The van der Waals surface area contributed by atoms with Gasteiger partial charge in [-0.15, -0.1) is 0 Å². The van der Waals surface area contributed by atoms with Crippen molar-refractivity contribution in [2.45, 2.75) is 6.54 Å². The van der Waals surface area contributed by atoms with Crippen molar-refractivity contribution in [2.75, 3.05) is 0 Å². The molecule has 1 aromatic carbocycles. The van der Waals surface area contributed by atoms with Crippen molar-refractivity contribution >= 4 is 40.1 Å². The number of halogens is 2. The van der Waals surface area contributed by atoms with Crippen molar-refractivity contribution in [1.82, 2.24) is 10.3 Å². The SMILES string of the molecule is O=C(NCc1cccnc1)c1ccc(I)c(Cl)c1. The van der Waals surface area contributed by atoms with E-state index >= 15 is 0 Å². The number of aromatic nitrogens is 1. The van der Waals surface area contributed by atoms with Crippen LogP contribution >= 0.6 is 34.2 Å². The molecule has 1 aromatic heterocycles. The second-order valence-electron chi connectivity index (χ2n) is 3.67. The lowest BCUT2D eigenvalue weighted by atomic mass is 10.2. The van der Waals surface area contributed by atoms with Gasteiger partial charge in [0.05, 0.1) is 5.02 Å². The molecule has 0 atom stereocenters. The third-order valence-corrected chi connectivity index (χ3v) is 3.93. The number of benzene rings is 1. The molecule has 0 radical (unpaired) electrons. The van der Waals surface area contributed by atoms with Gasteiger partial charge in [-0.3, -0.25) is 9.78 Å². The normalized spacial score (nSPS) is 10.1. The summed E-state index contributed by atoms with van der Waals surface area (Å²) in [5.41, 5.74) is 1.52. The molecule has 0 saturated heterocycles. The highest BCUT2D eigenvalue weighted by Gasteiger charge is 2.07. The van der Waals surface area contributed by atoms with E-state index in [2.05, 4.69) is 32.9 Å². The van der Waals surface area contributed by atoms with Gasteiger partial charge in [-0.25, -0.2) is 0 Å². The average molecular weight is 373 g/mol. The molecule has 0 aliphatic rings. The molecule has 2 rings (SSSR count). The lowest BCUT2D eigenvalue weighted by Crippen LogP contribution is -2.22. The Hall–Kier alpha value is -1.14. The molecule has 0 aliphatic carbocycles. The van der Waals surface area contributed by atoms with Crippen LogP contribution in [-0.4, -0.2) is 10.9 Å². The number of carbonyl (C=O) groups is 1. The molecule has 1 N–H and O–H groups in total. The fourth-order valence-electron chi connectivity index (χ4n) is 1.42. The Morgan fingerprint density at radius 2 is 2.22 bits per heavy atom. The van der Waals surface area contributed by atoms with Crippen LogP contribution in [0, 0.1) is 3.57 Å². The fourth-order valence-corrected chi connectivity index (χ4v) is 1.94. The van der Waals surface area contributed by atoms with Crippen molar-refractivity contribution in [3.8, 4) is 0 Å². The summed E-state index contributed by atoms with van der Waals surface area (Å²) in [6.07, 6.45) is 3.42. The Morgan fingerprint density at radius 3 is 2.89 bits per heavy atom. The van der Waals surface area contributed by atoms with Gasteiger partial charge in [-0.1, -0.05) is 17.7 Å². The predicted octanol–water partition coefficient (Wildman–Crippen LogP) is 3.27. The highest BCUT2D eigenvalue weighted by atomic mass is 127. The van der Waals surface area contributed by atoms with Gasteiger partial charge >= 0.3 is 0 Å². The zero-order chi connectivity index (χ0) is 13.0. The van der Waals surface area contributed by atoms with E-state index < -0.39 is 0 Å². The van der Waals surface area contributed by atoms with Crippen LogP contribution in [0.25, 0.3) is 0 Å². The number of pyridine rings is 1. The molecule has 0 unspecified atom stereocenters. The second kappa shape index (κ2) is 6.15. The molecule has 1 amide bonds. The molecule has 18 heavy (non-hydrogen) atoms. The van der Waals surface area contributed by atoms with E-state index in [1.807, 2.05) is 18.2 Å². The lowest BCUT2D eigenvalue weighted by molar-refractivity contribution is 0.0951. The van der Waals surface area contributed by atoms with Gasteiger partial charge in [0.1, 0.15) is 0 Å². The third-order valence-electron chi connectivity index (χ3n) is 2.36. The summed E-state index contributed by atoms with van der Waals surface area (Å²) in [5, 5.41) is 3.41. The Morgan fingerprint density at radius 1 is 1.39 bits per heavy atom. The van der Waals surface area contributed by atoms with Crippen LogP contribution in [0.3, 0.4) is 0 Å². The van der Waals surface area contributed by atoms with E-state index in [0.29, 0.717) is 17.1 Å². The Balaban J connectivity index is 2.02. The largest absolute Gasteiger partial charge is 0.348 e. The maximum Gasteiger partial charge on any atom is 0.251 e. The third kappa shape index (κ3) is 3.43. The summed E-state index contributed by atoms with van der Waals surface area (Å²) < 4.78 is 0.929. The van der Waals surface area contributed by atoms with Crippen molar-refractivity contribution in [2.24, 2.45) is 0 Å². The average Bonchev–Trinajstić information content (AvgIpc) is 2.40. The number of nitrogens with one attached hydrogen (secondary N) is 1. The maximum atomic E-state index is 11.9. The van der Waals surface area contributed by atoms with Crippen LogP contribution in [0.4, 0.5) is 0 Å². The number of amides is 1. The summed E-state index contributed by atoms with van der Waals surface area (Å²) in [7, 11) is 0. The smallest absolute Gasteiger partial charge is 0.251 e. The molecule has 92 valence electrons. The predicted molar refractivity (Wildman–Crippen MR) is 79.6 cm³/mol. The van der Waals surface area contributed by atoms with E-state index in [1.165, 1.54) is 0 Å². The molecule has 2 aromatic rings. The number of hydrogen-bond acceptors (Lipinski definition) is 2. The van der Waals surface area contributed by atoms with Gasteiger partial charge in [0.25, 0.3) is 5.91 Å². The summed E-state index contributed by atoms with van der Waals surface area (Å²) in [5.74, 6) is -0.142. The Kier molecular flexibility index (Phi) is 4.54. The highest BCUT2D eigenvalue weighted by Crippen LogP contribution is 2.19. The van der Waals surface area contributed by atoms with E-state index in [9.17, 15) is 4.79 Å². The molecule has 0 aliphatic heterocycles. The highest BCUT2D eigenvalue weighted by molar-refractivity contribution is 14.1. The van der Waals surface area contributed by atoms with Gasteiger partial charge in [0.15, 0.2) is 0 Å². The quantitative estimate of drug-likeness (QED) is 0.840. The zero-order valence-electron chi connectivity index (χ0n) is 9.36. The fraction of sp³-hybridized carbons (Fsp3) is 0.0769. The molecule has 0 spiro atoms. The summed E-state index contributed by atoms with van der Waals surface area (Å²) in [6.45, 7) is 0.455. The standard InChI is InChI=1S/C13H10ClIN2O/c14-11-6-10(3-4-12(11)15)13(18)17-8-9-2-1-5-16-7-9/h1-7H,8H2,(H,17,18). The maximum absolute atomic E-state index is 11.9. The number of carbonyl (C=O) groups excluding carboxylic acids is 1. The van der Waals surface area contributed by atoms with Gasteiger partial charge in [0.2, 0.25) is 0 Å². The van der Waals surface area contributed by atoms with Crippen molar-refractivity contribution < 1.29 is 4.79 Å². The minimum atomic E-state index is -0.142. The van der Waals surface area contributed by atoms with Crippen LogP contribution in [-0.2, 0) is 6.54 Å². The molecule has 5 heteroatoms. The first kappa shape index (κ1) is 13.3. The Labute approximate surface area is 124 Å². The number of hydrogen-bond donors (Lipinski definition) is 1. The first-order chi connectivity index (χ1) is 8.66. The van der Waals surface area contributed by atoms with Gasteiger partial charge in [-0.05, 0) is 52.4 Å². The van der Waals surface area contributed by atoms with E-state index in [4.69, 9.17) is 11.6 Å². The van der Waals surface area contributed by atoms with Crippen molar-refractivity contribution in [1.29, 1.82) is 0 Å². The van der Waals surface area contributed by atoms with Crippen LogP contribution in [0.5, 0.6) is 0 Å². The molecule has 1 heterocycles. The zero-order valence-corrected chi connectivity index (χ0v) is 12.3. The van der Waals surface area contributed by atoms with Crippen LogP contribution < -0.4 is 5.32 Å². The van der Waals surface area contributed by atoms with Gasteiger partial charge in [0, 0.05) is 28.1 Å². The first-order valence-corrected chi connectivity index (χ1v) is 6.74. The molecule has 0 bridgehead atoms. The minimum absolute atomic E-state index is 0.142. The molecule has 0 saturated carbocycles. The summed E-state index contributed by atoms with van der Waals surface area (Å²) in [4.78, 5) is 15.9. The van der Waals surface area contributed by atoms with E-state index in [0.717, 1.165) is 9.13 Å². The number of rotatable bonds is 3. The van der Waals surface area contributed by atoms with Crippen LogP contribution in [0.2, 0.25) is 5.02 Å². The van der Waals surface area contributed by atoms with Crippen molar-refractivity contribution in [3.63, 3.8) is 0 Å². The summed E-state index contributed by atoms with van der Waals surface area (Å²) in [6, 6.07) is 8.99. The lowest BCUT2D eigenvalue weighted by Gasteiger charge is -2.06. The van der Waals surface area contributed by atoms with Crippen LogP contribution in [0.1, 0.15) is 15.9 Å². The number of nitrogens with zero attached hydrogens (tertiary/aromatic N) is 1. The molecular weight excluding hydrogens is 363 g/mol. The van der Waals surface area contributed by atoms with E-state index in [-0.39, 0.29) is 5.91 Å². The van der Waals surface area contributed by atoms with Gasteiger partial charge < -0.3 is 5.32 Å². The summed E-state index contributed by atoms with van der Waals surface area (Å²) >= 11 is 8.10. The van der Waals surface area contributed by atoms with E-state index in [1.54, 1.807) is 24.5 Å². The second-order valence-corrected chi connectivity index (χ2v) is 5.24. The van der Waals surface area contributed by atoms with Crippen LogP contribution in [0.15, 0.2) is 42.7 Å². The van der Waals surface area contributed by atoms with Crippen molar-refractivity contribution in [3.05, 3.63) is 62.4 Å². The van der Waals surface area contributed by atoms with Gasteiger partial charge in [-0.2, -0.15) is 0 Å². The molecule has 3 nitrogen and oxygen atoms in total. The Bertz CT molecular complexity index is 560. The molecular formula is C13H10ClIN2O. The first-order valence-electron chi connectivity index (χ1n) is 5.29. The minimum Gasteiger partial charge on any atom is -0.348 e. The topological polar surface area (TPSA) is 42.0 Å². The molecule has 0 fully saturated rings.